The van der Waals surface area contributed by atoms with Crippen LogP contribution in [0.2, 0.25) is 5.02 Å². The molecule has 0 saturated carbocycles. The zero-order valence-electron chi connectivity index (χ0n) is 10.8. The molecule has 1 heterocycles. The van der Waals surface area contributed by atoms with Crippen molar-refractivity contribution in [2.75, 3.05) is 5.32 Å². The van der Waals surface area contributed by atoms with Crippen molar-refractivity contribution in [3.8, 4) is 6.07 Å². The maximum atomic E-state index is 11.9. The Balaban J connectivity index is 1.92. The van der Waals surface area contributed by atoms with Gasteiger partial charge in [-0.1, -0.05) is 23.7 Å². The van der Waals surface area contributed by atoms with Crippen molar-refractivity contribution in [1.29, 1.82) is 5.26 Å². The summed E-state index contributed by atoms with van der Waals surface area (Å²) in [5, 5.41) is 17.5. The summed E-state index contributed by atoms with van der Waals surface area (Å²) in [6.45, 7) is 0.326. The number of aromatic nitrogens is 1. The van der Waals surface area contributed by atoms with Gasteiger partial charge in [0.15, 0.2) is 5.13 Å². The Morgan fingerprint density at radius 1 is 1.43 bits per heavy atom. The van der Waals surface area contributed by atoms with Crippen LogP contribution in [0.4, 0.5) is 5.13 Å². The molecule has 5 nitrogen and oxygen atoms in total. The number of anilines is 1. The van der Waals surface area contributed by atoms with E-state index in [0.29, 0.717) is 16.7 Å². The molecule has 0 atom stereocenters. The Labute approximate surface area is 130 Å². The molecule has 7 heteroatoms. The van der Waals surface area contributed by atoms with Gasteiger partial charge in [-0.25, -0.2) is 4.98 Å². The minimum Gasteiger partial charge on any atom is -0.347 e. The highest BCUT2D eigenvalue weighted by atomic mass is 35.5. The van der Waals surface area contributed by atoms with Gasteiger partial charge < -0.3 is 10.6 Å². The quantitative estimate of drug-likeness (QED) is 0.656. The number of nitrogens with zero attached hydrogens (tertiary/aromatic N) is 2. The minimum atomic E-state index is -0.448. The lowest BCUT2D eigenvalue weighted by atomic mass is 10.2. The van der Waals surface area contributed by atoms with E-state index < -0.39 is 5.91 Å². The topological polar surface area (TPSA) is 77.8 Å². The second-order valence-corrected chi connectivity index (χ2v) is 5.29. The molecule has 0 bridgehead atoms. The summed E-state index contributed by atoms with van der Waals surface area (Å²) in [6, 6.07) is 8.96. The molecule has 0 spiro atoms. The van der Waals surface area contributed by atoms with E-state index in [1.165, 1.54) is 17.5 Å². The van der Waals surface area contributed by atoms with Gasteiger partial charge in [0, 0.05) is 29.3 Å². The Bertz CT molecular complexity index is 674. The highest BCUT2D eigenvalue weighted by molar-refractivity contribution is 7.13. The normalized spacial score (nSPS) is 10.8. The zero-order valence-corrected chi connectivity index (χ0v) is 12.4. The minimum absolute atomic E-state index is 0.0147. The van der Waals surface area contributed by atoms with E-state index in [-0.39, 0.29) is 5.57 Å². The van der Waals surface area contributed by atoms with Crippen LogP contribution in [0.1, 0.15) is 5.56 Å². The molecule has 2 N–H and O–H groups in total. The number of nitrogens with one attached hydrogen (secondary N) is 2. The van der Waals surface area contributed by atoms with Crippen LogP contribution >= 0.6 is 22.9 Å². The molecule has 1 aromatic heterocycles. The lowest BCUT2D eigenvalue weighted by Gasteiger charge is -2.04. The van der Waals surface area contributed by atoms with Crippen molar-refractivity contribution in [2.45, 2.75) is 6.54 Å². The van der Waals surface area contributed by atoms with E-state index in [2.05, 4.69) is 15.6 Å². The molecule has 0 aliphatic rings. The second-order valence-electron chi connectivity index (χ2n) is 3.96. The van der Waals surface area contributed by atoms with Gasteiger partial charge in [-0.15, -0.1) is 11.3 Å². The van der Waals surface area contributed by atoms with E-state index in [1.807, 2.05) is 18.2 Å². The fourth-order valence-corrected chi connectivity index (χ4v) is 2.08. The third-order valence-corrected chi connectivity index (χ3v) is 3.46. The standard InChI is InChI=1S/C14H11ClN4OS/c15-12-3-1-10(2-4-12)8-18-13(20)11(7-16)9-19-14-17-5-6-21-14/h1-6,9H,8H2,(H,17,19)(H,18,20)/b11-9-. The predicted octanol–water partition coefficient (Wildman–Crippen LogP) is 2.93. The third kappa shape index (κ3) is 4.60. The molecule has 1 aromatic carbocycles. The van der Waals surface area contributed by atoms with Gasteiger partial charge >= 0.3 is 0 Å². The van der Waals surface area contributed by atoms with Gasteiger partial charge in [0.1, 0.15) is 11.6 Å². The number of carbonyl (C=O) groups is 1. The number of nitriles is 1. The van der Waals surface area contributed by atoms with Crippen molar-refractivity contribution >= 4 is 34.0 Å². The van der Waals surface area contributed by atoms with Crippen LogP contribution in [-0.2, 0) is 11.3 Å². The van der Waals surface area contributed by atoms with Crippen LogP contribution in [0.3, 0.4) is 0 Å². The van der Waals surface area contributed by atoms with Crippen LogP contribution in [0.15, 0.2) is 47.6 Å². The first-order valence-electron chi connectivity index (χ1n) is 5.98. The monoisotopic (exact) mass is 318 g/mol. The number of thiazole rings is 1. The zero-order chi connectivity index (χ0) is 15.1. The van der Waals surface area contributed by atoms with Crippen molar-refractivity contribution in [2.24, 2.45) is 0 Å². The Morgan fingerprint density at radius 2 is 2.19 bits per heavy atom. The SMILES string of the molecule is N#C/C(=C/Nc1nccs1)C(=O)NCc1ccc(Cl)cc1. The maximum Gasteiger partial charge on any atom is 0.263 e. The number of amides is 1. The van der Waals surface area contributed by atoms with Crippen molar-refractivity contribution in [3.63, 3.8) is 0 Å². The predicted molar refractivity (Wildman–Crippen MR) is 82.7 cm³/mol. The molecule has 0 aliphatic heterocycles. The van der Waals surface area contributed by atoms with Crippen LogP contribution in [0.25, 0.3) is 0 Å². The Hall–Kier alpha value is -2.36. The number of hydrogen-bond donors (Lipinski definition) is 2. The van der Waals surface area contributed by atoms with Crippen molar-refractivity contribution in [3.05, 3.63) is 58.2 Å². The molecule has 0 saturated heterocycles. The average molecular weight is 319 g/mol. The molecule has 1 amide bonds. The number of carbonyl (C=O) groups excluding carboxylic acids is 1. The molecule has 0 unspecified atom stereocenters. The first-order chi connectivity index (χ1) is 10.2. The van der Waals surface area contributed by atoms with Gasteiger partial charge in [-0.3, -0.25) is 4.79 Å². The fraction of sp³-hybridized carbons (Fsp3) is 0.0714. The van der Waals surface area contributed by atoms with E-state index in [9.17, 15) is 4.79 Å². The lowest BCUT2D eigenvalue weighted by molar-refractivity contribution is -0.117. The van der Waals surface area contributed by atoms with Gasteiger partial charge in [0.25, 0.3) is 5.91 Å². The van der Waals surface area contributed by atoms with Crippen LogP contribution in [0.5, 0.6) is 0 Å². The summed E-state index contributed by atoms with van der Waals surface area (Å²) in [6.07, 6.45) is 2.98. The maximum absolute atomic E-state index is 11.9. The lowest BCUT2D eigenvalue weighted by Crippen LogP contribution is -2.24. The molecule has 21 heavy (non-hydrogen) atoms. The summed E-state index contributed by atoms with van der Waals surface area (Å²) in [5.41, 5.74) is 0.886. The first kappa shape index (κ1) is 15.0. The molecule has 2 rings (SSSR count). The molecule has 0 fully saturated rings. The van der Waals surface area contributed by atoms with E-state index in [1.54, 1.807) is 23.7 Å². The van der Waals surface area contributed by atoms with Crippen LogP contribution in [-0.4, -0.2) is 10.9 Å². The molecular formula is C14H11ClN4OS. The Morgan fingerprint density at radius 3 is 2.81 bits per heavy atom. The van der Waals surface area contributed by atoms with E-state index in [0.717, 1.165) is 5.56 Å². The summed E-state index contributed by atoms with van der Waals surface area (Å²) in [7, 11) is 0. The van der Waals surface area contributed by atoms with Crippen molar-refractivity contribution in [1.82, 2.24) is 10.3 Å². The summed E-state index contributed by atoms with van der Waals surface area (Å²) >= 11 is 7.16. The van der Waals surface area contributed by atoms with Crippen LogP contribution < -0.4 is 10.6 Å². The number of rotatable bonds is 5. The van der Waals surface area contributed by atoms with E-state index >= 15 is 0 Å². The molecular weight excluding hydrogens is 308 g/mol. The molecule has 2 aromatic rings. The molecule has 0 radical (unpaired) electrons. The third-order valence-electron chi connectivity index (χ3n) is 2.50. The average Bonchev–Trinajstić information content (AvgIpc) is 3.00. The highest BCUT2D eigenvalue weighted by Gasteiger charge is 2.08. The number of hydrogen-bond acceptors (Lipinski definition) is 5. The van der Waals surface area contributed by atoms with Crippen molar-refractivity contribution < 1.29 is 4.79 Å². The highest BCUT2D eigenvalue weighted by Crippen LogP contribution is 2.11. The fourth-order valence-electron chi connectivity index (χ4n) is 1.46. The first-order valence-corrected chi connectivity index (χ1v) is 7.24. The molecule has 106 valence electrons. The van der Waals surface area contributed by atoms with Gasteiger partial charge in [-0.2, -0.15) is 5.26 Å². The summed E-state index contributed by atoms with van der Waals surface area (Å²) in [4.78, 5) is 15.9. The van der Waals surface area contributed by atoms with Gasteiger partial charge in [0.2, 0.25) is 0 Å². The second kappa shape index (κ2) is 7.43. The van der Waals surface area contributed by atoms with Gasteiger partial charge in [-0.05, 0) is 17.7 Å². The van der Waals surface area contributed by atoms with Gasteiger partial charge in [0.05, 0.1) is 0 Å². The molecule has 0 aliphatic carbocycles. The largest absolute Gasteiger partial charge is 0.347 e. The smallest absolute Gasteiger partial charge is 0.263 e. The summed E-state index contributed by atoms with van der Waals surface area (Å²) < 4.78 is 0. The summed E-state index contributed by atoms with van der Waals surface area (Å²) in [5.74, 6) is -0.448. The number of benzene rings is 1. The van der Waals surface area contributed by atoms with E-state index in [4.69, 9.17) is 16.9 Å². The number of halogens is 1. The Kier molecular flexibility index (Phi) is 5.32. The van der Waals surface area contributed by atoms with Crippen LogP contribution in [0, 0.1) is 11.3 Å².